The zero-order valence-electron chi connectivity index (χ0n) is 15.9. The van der Waals surface area contributed by atoms with Gasteiger partial charge in [0.25, 0.3) is 11.8 Å². The fourth-order valence-corrected chi connectivity index (χ4v) is 3.49. The predicted octanol–water partition coefficient (Wildman–Crippen LogP) is 2.93. The van der Waals surface area contributed by atoms with Gasteiger partial charge >= 0.3 is 0 Å². The number of benzene rings is 1. The lowest BCUT2D eigenvalue weighted by molar-refractivity contribution is 0.0637. The maximum absolute atomic E-state index is 12.9. The van der Waals surface area contributed by atoms with Crippen molar-refractivity contribution in [3.63, 3.8) is 0 Å². The molecule has 0 spiro atoms. The second-order valence-electron chi connectivity index (χ2n) is 6.98. The number of aromatic nitrogens is 2. The van der Waals surface area contributed by atoms with E-state index in [4.69, 9.17) is 4.42 Å². The van der Waals surface area contributed by atoms with E-state index in [0.29, 0.717) is 36.7 Å². The Labute approximate surface area is 163 Å². The van der Waals surface area contributed by atoms with Crippen LogP contribution < -0.4 is 5.32 Å². The molecule has 1 N–H and O–H groups in total. The van der Waals surface area contributed by atoms with Crippen molar-refractivity contribution in [3.8, 4) is 0 Å². The van der Waals surface area contributed by atoms with Crippen molar-refractivity contribution >= 4 is 11.8 Å². The van der Waals surface area contributed by atoms with Crippen LogP contribution in [0.3, 0.4) is 0 Å². The van der Waals surface area contributed by atoms with Gasteiger partial charge in [0.1, 0.15) is 17.3 Å². The van der Waals surface area contributed by atoms with E-state index in [1.165, 1.54) is 0 Å². The van der Waals surface area contributed by atoms with Gasteiger partial charge in [0.2, 0.25) is 0 Å². The quantitative estimate of drug-likeness (QED) is 0.757. The number of carbonyl (C=O) groups excluding carboxylic acids is 2. The Kier molecular flexibility index (Phi) is 4.73. The highest BCUT2D eigenvalue weighted by Gasteiger charge is 2.31. The number of aryl methyl sites for hydroxylation is 1. The Morgan fingerprint density at radius 2 is 2.11 bits per heavy atom. The van der Waals surface area contributed by atoms with Crippen LogP contribution in [0, 0.1) is 6.92 Å². The summed E-state index contributed by atoms with van der Waals surface area (Å²) in [6.07, 6.45) is 3.32. The molecule has 3 heterocycles. The maximum atomic E-state index is 12.9. The van der Waals surface area contributed by atoms with Gasteiger partial charge in [-0.1, -0.05) is 17.7 Å². The van der Waals surface area contributed by atoms with Gasteiger partial charge in [0.05, 0.1) is 18.8 Å². The smallest absolute Gasteiger partial charge is 0.271 e. The van der Waals surface area contributed by atoms with E-state index in [9.17, 15) is 9.59 Å². The first-order valence-electron chi connectivity index (χ1n) is 9.28. The normalized spacial score (nSPS) is 15.9. The maximum Gasteiger partial charge on any atom is 0.271 e. The van der Waals surface area contributed by atoms with Gasteiger partial charge in [-0.05, 0) is 38.1 Å². The van der Waals surface area contributed by atoms with E-state index in [0.717, 1.165) is 11.4 Å². The summed E-state index contributed by atoms with van der Waals surface area (Å²) in [5, 5.41) is 2.80. The predicted molar refractivity (Wildman–Crippen MR) is 103 cm³/mol. The lowest BCUT2D eigenvalue weighted by Crippen LogP contribution is -2.41. The molecular formula is C21H22N4O3. The second-order valence-corrected chi connectivity index (χ2v) is 6.98. The minimum absolute atomic E-state index is 0.0192. The summed E-state index contributed by atoms with van der Waals surface area (Å²) >= 11 is 0. The number of hydrogen-bond acceptors (Lipinski definition) is 4. The highest BCUT2D eigenvalue weighted by Crippen LogP contribution is 2.26. The molecular weight excluding hydrogens is 356 g/mol. The van der Waals surface area contributed by atoms with Crippen LogP contribution in [0.5, 0.6) is 0 Å². The first-order valence-corrected chi connectivity index (χ1v) is 9.28. The summed E-state index contributed by atoms with van der Waals surface area (Å²) < 4.78 is 7.18. The van der Waals surface area contributed by atoms with Crippen molar-refractivity contribution in [3.05, 3.63) is 77.3 Å². The van der Waals surface area contributed by atoms with E-state index in [2.05, 4.69) is 10.3 Å². The van der Waals surface area contributed by atoms with E-state index >= 15 is 0 Å². The van der Waals surface area contributed by atoms with Gasteiger partial charge in [-0.3, -0.25) is 9.59 Å². The zero-order chi connectivity index (χ0) is 19.7. The number of furan rings is 1. The second kappa shape index (κ2) is 7.34. The molecule has 1 atom stereocenters. The van der Waals surface area contributed by atoms with Crippen molar-refractivity contribution in [2.24, 2.45) is 0 Å². The van der Waals surface area contributed by atoms with E-state index in [1.54, 1.807) is 24.6 Å². The molecule has 0 unspecified atom stereocenters. The summed E-state index contributed by atoms with van der Waals surface area (Å²) in [5.74, 6) is 1.12. The highest BCUT2D eigenvalue weighted by atomic mass is 16.3. The molecule has 7 nitrogen and oxygen atoms in total. The van der Waals surface area contributed by atoms with Crippen molar-refractivity contribution in [2.75, 3.05) is 6.54 Å². The van der Waals surface area contributed by atoms with Crippen LogP contribution in [0.25, 0.3) is 0 Å². The number of amides is 2. The van der Waals surface area contributed by atoms with Crippen molar-refractivity contribution in [2.45, 2.75) is 33.0 Å². The Morgan fingerprint density at radius 3 is 2.86 bits per heavy atom. The molecule has 0 saturated heterocycles. The molecule has 2 amide bonds. The summed E-state index contributed by atoms with van der Waals surface area (Å²) in [6.45, 7) is 5.40. The summed E-state index contributed by atoms with van der Waals surface area (Å²) in [4.78, 5) is 31.7. The van der Waals surface area contributed by atoms with Crippen LogP contribution in [0.1, 0.15) is 51.0 Å². The minimum atomic E-state index is -0.262. The molecule has 2 aromatic heterocycles. The topological polar surface area (TPSA) is 80.4 Å². The number of carbonyl (C=O) groups is 2. The Bertz CT molecular complexity index is 1010. The van der Waals surface area contributed by atoms with E-state index < -0.39 is 0 Å². The molecule has 0 saturated carbocycles. The number of nitrogens with zero attached hydrogens (tertiary/aromatic N) is 3. The number of imidazole rings is 1. The largest absolute Gasteiger partial charge is 0.467 e. The molecule has 0 radical (unpaired) electrons. The average Bonchev–Trinajstić information content (AvgIpc) is 3.36. The molecule has 1 aliphatic rings. The van der Waals surface area contributed by atoms with Gasteiger partial charge in [0.15, 0.2) is 0 Å². The van der Waals surface area contributed by atoms with Crippen LogP contribution in [0.4, 0.5) is 0 Å². The van der Waals surface area contributed by atoms with Crippen LogP contribution in [0.15, 0.2) is 53.3 Å². The molecule has 7 heteroatoms. The summed E-state index contributed by atoms with van der Waals surface area (Å²) in [6, 6.07) is 10.9. The van der Waals surface area contributed by atoms with Gasteiger partial charge in [-0.2, -0.15) is 0 Å². The molecule has 1 aliphatic heterocycles. The minimum Gasteiger partial charge on any atom is -0.467 e. The third-order valence-electron chi connectivity index (χ3n) is 4.99. The Hall–Kier alpha value is -3.35. The summed E-state index contributed by atoms with van der Waals surface area (Å²) in [5.41, 5.74) is 2.06. The fourth-order valence-electron chi connectivity index (χ4n) is 3.49. The monoisotopic (exact) mass is 378 g/mol. The van der Waals surface area contributed by atoms with Gasteiger partial charge in [-0.15, -0.1) is 0 Å². The van der Waals surface area contributed by atoms with Crippen molar-refractivity contribution in [1.29, 1.82) is 0 Å². The number of rotatable bonds is 4. The Morgan fingerprint density at radius 1 is 1.25 bits per heavy atom. The van der Waals surface area contributed by atoms with Crippen molar-refractivity contribution in [1.82, 2.24) is 19.8 Å². The third-order valence-corrected chi connectivity index (χ3v) is 4.99. The number of nitrogens with one attached hydrogen (secondary N) is 1. The average molecular weight is 378 g/mol. The Balaban J connectivity index is 1.49. The van der Waals surface area contributed by atoms with E-state index in [-0.39, 0.29) is 17.9 Å². The van der Waals surface area contributed by atoms with Crippen LogP contribution >= 0.6 is 0 Å². The first-order chi connectivity index (χ1) is 13.5. The molecule has 0 bridgehead atoms. The number of fused-ring (bicyclic) bond motifs is 1. The lowest BCUT2D eigenvalue weighted by Gasteiger charge is -2.33. The molecule has 144 valence electrons. The molecule has 0 aliphatic carbocycles. The number of hydrogen-bond donors (Lipinski definition) is 1. The van der Waals surface area contributed by atoms with Crippen LogP contribution in [-0.4, -0.2) is 32.8 Å². The first kappa shape index (κ1) is 18.0. The van der Waals surface area contributed by atoms with Gasteiger partial charge in [-0.25, -0.2) is 4.98 Å². The fraction of sp³-hybridized carbons (Fsp3) is 0.286. The standard InChI is InChI=1S/C21H22N4O3/c1-14-5-3-6-16(11-14)21(27)25-9-8-24-13-18(23-19(24)15(25)2)20(26)22-12-17-7-4-10-28-17/h3-7,10-11,13,15H,8-9,12H2,1-2H3,(H,22,26)/t15-/m0/s1. The highest BCUT2D eigenvalue weighted by molar-refractivity contribution is 5.95. The van der Waals surface area contributed by atoms with E-state index in [1.807, 2.05) is 47.6 Å². The zero-order valence-corrected chi connectivity index (χ0v) is 15.9. The van der Waals surface area contributed by atoms with Crippen LogP contribution in [-0.2, 0) is 13.1 Å². The summed E-state index contributed by atoms with van der Waals surface area (Å²) in [7, 11) is 0. The molecule has 4 rings (SSSR count). The third kappa shape index (κ3) is 3.43. The van der Waals surface area contributed by atoms with Crippen molar-refractivity contribution < 1.29 is 14.0 Å². The molecule has 3 aromatic rings. The lowest BCUT2D eigenvalue weighted by atomic mass is 10.1. The van der Waals surface area contributed by atoms with Gasteiger partial charge < -0.3 is 19.2 Å². The molecule has 28 heavy (non-hydrogen) atoms. The molecule has 0 fully saturated rings. The molecule has 1 aromatic carbocycles. The van der Waals surface area contributed by atoms with Crippen LogP contribution in [0.2, 0.25) is 0 Å². The van der Waals surface area contributed by atoms with Gasteiger partial charge in [0, 0.05) is 24.8 Å². The SMILES string of the molecule is Cc1cccc(C(=O)N2CCn3cc(C(=O)NCc4ccco4)nc3[C@@H]2C)c1.